The molecule has 6 heteroatoms. The number of aliphatic hydroxyl groups excluding tert-OH is 1. The zero-order chi connectivity index (χ0) is 17.8. The average Bonchev–Trinajstić information content (AvgIpc) is 2.61. The summed E-state index contributed by atoms with van der Waals surface area (Å²) in [6.45, 7) is 2.24. The molecule has 3 aliphatic rings. The Kier molecular flexibility index (Phi) is 5.58. The van der Waals surface area contributed by atoms with E-state index < -0.39 is 24.2 Å². The minimum atomic E-state index is -0.567. The van der Waals surface area contributed by atoms with Crippen LogP contribution in [0, 0.1) is 17.8 Å². The van der Waals surface area contributed by atoms with Crippen LogP contribution in [0.2, 0.25) is 0 Å². The molecule has 3 fully saturated rings. The molecule has 0 heterocycles. The molecule has 25 heavy (non-hydrogen) atoms. The molecule has 136 valence electrons. The second-order valence-corrected chi connectivity index (χ2v) is 6.81. The molecule has 6 nitrogen and oxygen atoms in total. The average molecular weight is 347 g/mol. The van der Waals surface area contributed by atoms with E-state index in [1.807, 2.05) is 30.3 Å². The zero-order valence-electron chi connectivity index (χ0n) is 14.4. The summed E-state index contributed by atoms with van der Waals surface area (Å²) in [7, 11) is 0. The van der Waals surface area contributed by atoms with Crippen LogP contribution in [-0.2, 0) is 20.9 Å². The van der Waals surface area contributed by atoms with Crippen molar-refractivity contribution in [1.82, 2.24) is 5.32 Å². The summed E-state index contributed by atoms with van der Waals surface area (Å²) in [6, 6.07) is 8.97. The highest BCUT2D eigenvalue weighted by Crippen LogP contribution is 2.45. The molecule has 0 spiro atoms. The molecular weight excluding hydrogens is 322 g/mol. The summed E-state index contributed by atoms with van der Waals surface area (Å²) in [6.07, 6.45) is 1.20. The maximum Gasteiger partial charge on any atom is 0.407 e. The smallest absolute Gasteiger partial charge is 0.407 e. The Morgan fingerprint density at radius 3 is 2.64 bits per heavy atom. The lowest BCUT2D eigenvalue weighted by Gasteiger charge is -2.49. The van der Waals surface area contributed by atoms with Gasteiger partial charge < -0.3 is 19.9 Å². The molecular formula is C19H25NO5. The van der Waals surface area contributed by atoms with Gasteiger partial charge in [0.2, 0.25) is 0 Å². The van der Waals surface area contributed by atoms with Gasteiger partial charge >= 0.3 is 12.1 Å². The van der Waals surface area contributed by atoms with E-state index >= 15 is 0 Å². The lowest BCUT2D eigenvalue weighted by molar-refractivity contribution is -0.160. The maximum absolute atomic E-state index is 12.4. The van der Waals surface area contributed by atoms with Crippen LogP contribution in [0.25, 0.3) is 0 Å². The van der Waals surface area contributed by atoms with Crippen molar-refractivity contribution in [1.29, 1.82) is 0 Å². The van der Waals surface area contributed by atoms with Gasteiger partial charge in [-0.2, -0.15) is 0 Å². The van der Waals surface area contributed by atoms with Gasteiger partial charge in [0.25, 0.3) is 0 Å². The topological polar surface area (TPSA) is 84.9 Å². The molecule has 1 amide bonds. The number of carbonyl (C=O) groups excluding carboxylic acids is 2. The third-order valence-corrected chi connectivity index (χ3v) is 5.32. The number of ether oxygens (including phenoxy) is 2. The number of nitrogens with one attached hydrogen (secondary N) is 1. The third kappa shape index (κ3) is 3.95. The Labute approximate surface area is 147 Å². The number of hydrogen-bond donors (Lipinski definition) is 2. The van der Waals surface area contributed by atoms with E-state index in [0.29, 0.717) is 13.0 Å². The van der Waals surface area contributed by atoms with Gasteiger partial charge in [-0.1, -0.05) is 30.3 Å². The minimum Gasteiger partial charge on any atom is -0.466 e. The van der Waals surface area contributed by atoms with Gasteiger partial charge in [-0.25, -0.2) is 4.79 Å². The number of hydrogen-bond acceptors (Lipinski definition) is 5. The molecule has 1 aromatic rings. The molecule has 1 aromatic carbocycles. The first-order valence-electron chi connectivity index (χ1n) is 8.92. The van der Waals surface area contributed by atoms with Gasteiger partial charge in [0, 0.05) is 5.92 Å². The Balaban J connectivity index is 1.65. The largest absolute Gasteiger partial charge is 0.466 e. The van der Waals surface area contributed by atoms with Gasteiger partial charge in [-0.05, 0) is 37.7 Å². The van der Waals surface area contributed by atoms with Crippen molar-refractivity contribution in [3.05, 3.63) is 35.9 Å². The van der Waals surface area contributed by atoms with Crippen LogP contribution in [-0.4, -0.2) is 35.9 Å². The molecule has 0 radical (unpaired) electrons. The number of aliphatic hydroxyl groups is 1. The lowest BCUT2D eigenvalue weighted by atomic mass is 9.60. The van der Waals surface area contributed by atoms with Gasteiger partial charge in [0.15, 0.2) is 0 Å². The lowest BCUT2D eigenvalue weighted by Crippen LogP contribution is -2.60. The van der Waals surface area contributed by atoms with E-state index in [2.05, 4.69) is 5.32 Å². The predicted molar refractivity (Wildman–Crippen MR) is 90.5 cm³/mol. The molecule has 0 saturated heterocycles. The summed E-state index contributed by atoms with van der Waals surface area (Å²) in [5.41, 5.74) is 0.893. The van der Waals surface area contributed by atoms with Crippen LogP contribution in [0.15, 0.2) is 30.3 Å². The number of rotatable bonds is 5. The van der Waals surface area contributed by atoms with Gasteiger partial charge in [-0.3, -0.25) is 4.79 Å². The summed E-state index contributed by atoms with van der Waals surface area (Å²) in [4.78, 5) is 24.6. The fourth-order valence-corrected chi connectivity index (χ4v) is 4.18. The normalized spacial score (nSPS) is 30.6. The van der Waals surface area contributed by atoms with Gasteiger partial charge in [0.05, 0.1) is 24.7 Å². The van der Waals surface area contributed by atoms with Crippen molar-refractivity contribution in [2.45, 2.75) is 44.9 Å². The van der Waals surface area contributed by atoms with Gasteiger partial charge in [-0.15, -0.1) is 0 Å². The van der Waals surface area contributed by atoms with Crippen molar-refractivity contribution in [2.24, 2.45) is 17.8 Å². The van der Waals surface area contributed by atoms with Crippen molar-refractivity contribution < 1.29 is 24.2 Å². The number of benzene rings is 1. The molecule has 0 aromatic heterocycles. The number of amides is 1. The van der Waals surface area contributed by atoms with Crippen LogP contribution >= 0.6 is 0 Å². The van der Waals surface area contributed by atoms with Crippen molar-refractivity contribution in [3.63, 3.8) is 0 Å². The first-order chi connectivity index (χ1) is 12.1. The fourth-order valence-electron chi connectivity index (χ4n) is 4.18. The van der Waals surface area contributed by atoms with Crippen LogP contribution in [0.4, 0.5) is 4.79 Å². The summed E-state index contributed by atoms with van der Waals surface area (Å²) < 4.78 is 10.5. The fraction of sp³-hybridized carbons (Fsp3) is 0.579. The molecule has 0 aliphatic heterocycles. The van der Waals surface area contributed by atoms with Gasteiger partial charge in [0.1, 0.15) is 6.61 Å². The van der Waals surface area contributed by atoms with Crippen LogP contribution in [0.1, 0.15) is 31.7 Å². The summed E-state index contributed by atoms with van der Waals surface area (Å²) in [5.74, 6) is -0.800. The standard InChI is InChI=1S/C19H25NO5/c1-2-24-18(22)16-13-8-9-14(15(21)10-13)17(16)20-19(23)25-11-12-6-4-3-5-7-12/h3-7,13-17,21H,2,8-11H2,1H3,(H,20,23)/t13-,14+,15?,16+,17+/m1/s1. The molecule has 3 saturated carbocycles. The first-order valence-corrected chi connectivity index (χ1v) is 8.92. The SMILES string of the molecule is CCOC(=O)[C@H]1[C@@H]2CC[C@@H](C(O)C2)[C@@H]1NC(=O)OCc1ccccc1. The van der Waals surface area contributed by atoms with Crippen molar-refractivity contribution in [3.8, 4) is 0 Å². The first kappa shape index (κ1) is 17.7. The van der Waals surface area contributed by atoms with E-state index in [-0.39, 0.29) is 24.4 Å². The van der Waals surface area contributed by atoms with E-state index in [1.165, 1.54) is 0 Å². The summed E-state index contributed by atoms with van der Waals surface area (Å²) in [5, 5.41) is 13.1. The second-order valence-electron chi connectivity index (χ2n) is 6.81. The molecule has 2 bridgehead atoms. The third-order valence-electron chi connectivity index (χ3n) is 5.32. The second kappa shape index (κ2) is 7.87. The Morgan fingerprint density at radius 1 is 1.20 bits per heavy atom. The highest BCUT2D eigenvalue weighted by atomic mass is 16.5. The van der Waals surface area contributed by atoms with Crippen LogP contribution < -0.4 is 5.32 Å². The molecule has 2 N–H and O–H groups in total. The quantitative estimate of drug-likeness (QED) is 0.798. The van der Waals surface area contributed by atoms with E-state index in [1.54, 1.807) is 6.92 Å². The Hall–Kier alpha value is -2.08. The highest BCUT2D eigenvalue weighted by molar-refractivity contribution is 5.76. The number of carbonyl (C=O) groups is 2. The molecule has 3 aliphatic carbocycles. The number of fused-ring (bicyclic) bond motifs is 3. The molecule has 5 atom stereocenters. The zero-order valence-corrected chi connectivity index (χ0v) is 14.4. The monoisotopic (exact) mass is 347 g/mol. The highest BCUT2D eigenvalue weighted by Gasteiger charge is 2.52. The predicted octanol–water partition coefficient (Wildman–Crippen LogP) is 2.25. The minimum absolute atomic E-state index is 0.0403. The Bertz CT molecular complexity index is 605. The van der Waals surface area contributed by atoms with Crippen LogP contribution in [0.5, 0.6) is 0 Å². The number of alkyl carbamates (subject to hydrolysis) is 1. The molecule has 1 unspecified atom stereocenters. The van der Waals surface area contributed by atoms with E-state index in [0.717, 1.165) is 18.4 Å². The Morgan fingerprint density at radius 2 is 1.96 bits per heavy atom. The maximum atomic E-state index is 12.4. The van der Waals surface area contributed by atoms with Crippen molar-refractivity contribution in [2.75, 3.05) is 6.61 Å². The van der Waals surface area contributed by atoms with Crippen molar-refractivity contribution >= 4 is 12.1 Å². The summed E-state index contributed by atoms with van der Waals surface area (Å²) >= 11 is 0. The van der Waals surface area contributed by atoms with Crippen LogP contribution in [0.3, 0.4) is 0 Å². The van der Waals surface area contributed by atoms with E-state index in [9.17, 15) is 14.7 Å². The number of esters is 1. The molecule has 4 rings (SSSR count). The van der Waals surface area contributed by atoms with E-state index in [4.69, 9.17) is 9.47 Å².